The molecule has 112 valence electrons. The Labute approximate surface area is 124 Å². The number of halogens is 1. The van der Waals surface area contributed by atoms with Crippen LogP contribution in [-0.2, 0) is 6.54 Å². The SMILES string of the molecule is COc1ccc(C(O)CNCc2cc(C)ccc2F)cc1. The zero-order valence-corrected chi connectivity index (χ0v) is 12.3. The first-order chi connectivity index (χ1) is 10.1. The Morgan fingerprint density at radius 2 is 1.90 bits per heavy atom. The summed E-state index contributed by atoms with van der Waals surface area (Å²) in [5, 5.41) is 13.2. The summed E-state index contributed by atoms with van der Waals surface area (Å²) in [5.74, 6) is 0.521. The predicted octanol–water partition coefficient (Wildman–Crippen LogP) is 2.97. The molecule has 0 heterocycles. The summed E-state index contributed by atoms with van der Waals surface area (Å²) in [5.41, 5.74) is 2.42. The van der Waals surface area contributed by atoms with Gasteiger partial charge in [0.25, 0.3) is 0 Å². The van der Waals surface area contributed by atoms with Crippen LogP contribution in [0, 0.1) is 12.7 Å². The standard InChI is InChI=1S/C17H20FNO2/c1-12-3-8-16(18)14(9-12)10-19-11-17(20)13-4-6-15(21-2)7-5-13/h3-9,17,19-20H,10-11H2,1-2H3. The average Bonchev–Trinajstić information content (AvgIpc) is 2.50. The second-order valence-corrected chi connectivity index (χ2v) is 5.01. The lowest BCUT2D eigenvalue weighted by Gasteiger charge is -2.13. The average molecular weight is 289 g/mol. The largest absolute Gasteiger partial charge is 0.497 e. The minimum absolute atomic E-state index is 0.230. The molecule has 0 fully saturated rings. The van der Waals surface area contributed by atoms with Crippen LogP contribution < -0.4 is 10.1 Å². The molecule has 2 N–H and O–H groups in total. The fourth-order valence-electron chi connectivity index (χ4n) is 2.13. The smallest absolute Gasteiger partial charge is 0.127 e. The normalized spacial score (nSPS) is 12.2. The molecule has 0 saturated carbocycles. The molecule has 21 heavy (non-hydrogen) atoms. The Morgan fingerprint density at radius 3 is 2.57 bits per heavy atom. The summed E-state index contributed by atoms with van der Waals surface area (Å²) < 4.78 is 18.7. The number of aliphatic hydroxyl groups excluding tert-OH is 1. The van der Waals surface area contributed by atoms with Gasteiger partial charge in [-0.1, -0.05) is 29.8 Å². The third kappa shape index (κ3) is 4.28. The lowest BCUT2D eigenvalue weighted by atomic mass is 10.1. The van der Waals surface area contributed by atoms with Crippen molar-refractivity contribution in [3.05, 3.63) is 65.0 Å². The molecule has 0 aliphatic carbocycles. The van der Waals surface area contributed by atoms with E-state index in [0.717, 1.165) is 16.9 Å². The number of methoxy groups -OCH3 is 1. The summed E-state index contributed by atoms with van der Waals surface area (Å²) in [4.78, 5) is 0. The Bertz CT molecular complexity index is 584. The van der Waals surface area contributed by atoms with Crippen molar-refractivity contribution in [2.75, 3.05) is 13.7 Å². The van der Waals surface area contributed by atoms with E-state index in [1.807, 2.05) is 25.1 Å². The highest BCUT2D eigenvalue weighted by Gasteiger charge is 2.08. The molecule has 0 spiro atoms. The topological polar surface area (TPSA) is 41.5 Å². The zero-order valence-electron chi connectivity index (χ0n) is 12.3. The summed E-state index contributed by atoms with van der Waals surface area (Å²) >= 11 is 0. The van der Waals surface area contributed by atoms with Gasteiger partial charge in [-0.3, -0.25) is 0 Å². The highest BCUT2D eigenvalue weighted by Crippen LogP contribution is 2.17. The highest BCUT2D eigenvalue weighted by molar-refractivity contribution is 5.28. The Morgan fingerprint density at radius 1 is 1.19 bits per heavy atom. The summed E-state index contributed by atoms with van der Waals surface area (Å²) in [6, 6.07) is 12.3. The van der Waals surface area contributed by atoms with E-state index in [1.165, 1.54) is 6.07 Å². The monoisotopic (exact) mass is 289 g/mol. The molecule has 0 bridgehead atoms. The molecule has 0 amide bonds. The van der Waals surface area contributed by atoms with Gasteiger partial charge in [-0.05, 0) is 30.7 Å². The number of hydrogen-bond donors (Lipinski definition) is 2. The van der Waals surface area contributed by atoms with Gasteiger partial charge in [0, 0.05) is 18.7 Å². The molecule has 2 aromatic carbocycles. The van der Waals surface area contributed by atoms with Crippen LogP contribution in [0.15, 0.2) is 42.5 Å². The molecular formula is C17H20FNO2. The van der Waals surface area contributed by atoms with E-state index in [4.69, 9.17) is 4.74 Å². The molecule has 0 aromatic heterocycles. The third-order valence-corrected chi connectivity index (χ3v) is 3.35. The van der Waals surface area contributed by atoms with Gasteiger partial charge in [-0.25, -0.2) is 4.39 Å². The summed E-state index contributed by atoms with van der Waals surface area (Å²) in [6.45, 7) is 2.68. The van der Waals surface area contributed by atoms with Crippen LogP contribution in [-0.4, -0.2) is 18.8 Å². The molecular weight excluding hydrogens is 269 g/mol. The first kappa shape index (κ1) is 15.5. The van der Waals surface area contributed by atoms with Crippen LogP contribution in [0.4, 0.5) is 4.39 Å². The quantitative estimate of drug-likeness (QED) is 0.859. The van der Waals surface area contributed by atoms with Gasteiger partial charge in [-0.2, -0.15) is 0 Å². The molecule has 0 saturated heterocycles. The van der Waals surface area contributed by atoms with Gasteiger partial charge < -0.3 is 15.2 Å². The maximum absolute atomic E-state index is 13.6. The summed E-state index contributed by atoms with van der Waals surface area (Å²) in [6.07, 6.45) is -0.635. The Kier molecular flexibility index (Phi) is 5.31. The van der Waals surface area contributed by atoms with Crippen LogP contribution in [0.1, 0.15) is 22.8 Å². The number of aliphatic hydroxyl groups is 1. The Hall–Kier alpha value is -1.91. The molecule has 1 atom stereocenters. The van der Waals surface area contributed by atoms with Crippen LogP contribution >= 0.6 is 0 Å². The van der Waals surface area contributed by atoms with E-state index in [0.29, 0.717) is 18.7 Å². The van der Waals surface area contributed by atoms with E-state index >= 15 is 0 Å². The van der Waals surface area contributed by atoms with Crippen molar-refractivity contribution < 1.29 is 14.2 Å². The highest BCUT2D eigenvalue weighted by atomic mass is 19.1. The number of hydrogen-bond acceptors (Lipinski definition) is 3. The maximum Gasteiger partial charge on any atom is 0.127 e. The van der Waals surface area contributed by atoms with Crippen molar-refractivity contribution >= 4 is 0 Å². The maximum atomic E-state index is 13.6. The van der Waals surface area contributed by atoms with Crippen LogP contribution in [0.3, 0.4) is 0 Å². The first-order valence-corrected chi connectivity index (χ1v) is 6.88. The van der Waals surface area contributed by atoms with E-state index in [1.54, 1.807) is 25.3 Å². The van der Waals surface area contributed by atoms with Gasteiger partial charge in [0.2, 0.25) is 0 Å². The lowest BCUT2D eigenvalue weighted by molar-refractivity contribution is 0.174. The third-order valence-electron chi connectivity index (χ3n) is 3.35. The molecule has 1 unspecified atom stereocenters. The van der Waals surface area contributed by atoms with Crippen molar-refractivity contribution in [3.63, 3.8) is 0 Å². The zero-order chi connectivity index (χ0) is 15.2. The molecule has 0 aliphatic heterocycles. The summed E-state index contributed by atoms with van der Waals surface area (Å²) in [7, 11) is 1.60. The Balaban J connectivity index is 1.88. The van der Waals surface area contributed by atoms with Crippen molar-refractivity contribution in [3.8, 4) is 5.75 Å². The first-order valence-electron chi connectivity index (χ1n) is 6.88. The number of benzene rings is 2. The van der Waals surface area contributed by atoms with Crippen molar-refractivity contribution in [2.45, 2.75) is 19.6 Å². The molecule has 0 aliphatic rings. The van der Waals surface area contributed by atoms with E-state index in [9.17, 15) is 9.50 Å². The minimum Gasteiger partial charge on any atom is -0.497 e. The van der Waals surface area contributed by atoms with Crippen LogP contribution in [0.5, 0.6) is 5.75 Å². The molecule has 2 rings (SSSR count). The second kappa shape index (κ2) is 7.20. The number of ether oxygens (including phenoxy) is 1. The van der Waals surface area contributed by atoms with Gasteiger partial charge in [0.15, 0.2) is 0 Å². The lowest BCUT2D eigenvalue weighted by Crippen LogP contribution is -2.21. The van der Waals surface area contributed by atoms with Crippen LogP contribution in [0.2, 0.25) is 0 Å². The van der Waals surface area contributed by atoms with Gasteiger partial charge >= 0.3 is 0 Å². The second-order valence-electron chi connectivity index (χ2n) is 5.01. The molecule has 2 aromatic rings. The number of rotatable bonds is 6. The number of aryl methyl sites for hydroxylation is 1. The van der Waals surface area contributed by atoms with Crippen LogP contribution in [0.25, 0.3) is 0 Å². The van der Waals surface area contributed by atoms with Gasteiger partial charge in [0.05, 0.1) is 13.2 Å². The fraction of sp³-hybridized carbons (Fsp3) is 0.294. The van der Waals surface area contributed by atoms with E-state index in [2.05, 4.69) is 5.32 Å². The van der Waals surface area contributed by atoms with Gasteiger partial charge in [0.1, 0.15) is 11.6 Å². The van der Waals surface area contributed by atoms with Crippen molar-refractivity contribution in [2.24, 2.45) is 0 Å². The minimum atomic E-state index is -0.635. The molecule has 3 nitrogen and oxygen atoms in total. The van der Waals surface area contributed by atoms with Gasteiger partial charge in [-0.15, -0.1) is 0 Å². The fourth-order valence-corrected chi connectivity index (χ4v) is 2.13. The number of nitrogens with one attached hydrogen (secondary N) is 1. The van der Waals surface area contributed by atoms with E-state index in [-0.39, 0.29) is 5.82 Å². The molecule has 4 heteroatoms. The molecule has 0 radical (unpaired) electrons. The predicted molar refractivity (Wildman–Crippen MR) is 80.8 cm³/mol. The van der Waals surface area contributed by atoms with Crippen molar-refractivity contribution in [1.29, 1.82) is 0 Å². The van der Waals surface area contributed by atoms with Crippen molar-refractivity contribution in [1.82, 2.24) is 5.32 Å². The van der Waals surface area contributed by atoms with E-state index < -0.39 is 6.10 Å².